The largest absolute Gasteiger partial charge is 0.486 e. The number of anilines is 1. The number of nitrogen functional groups attached to an aromatic ring is 1. The molecule has 94 valence electrons. The van der Waals surface area contributed by atoms with Crippen LogP contribution in [0.1, 0.15) is 5.56 Å². The second kappa shape index (κ2) is 4.77. The number of thioether (sulfide) groups is 1. The summed E-state index contributed by atoms with van der Waals surface area (Å²) in [5.41, 5.74) is 7.69. The zero-order valence-corrected chi connectivity index (χ0v) is 10.4. The fourth-order valence-corrected chi connectivity index (χ4v) is 2.46. The monoisotopic (exact) mass is 264 g/mol. The van der Waals surface area contributed by atoms with Crippen LogP contribution in [0.5, 0.6) is 11.5 Å². The van der Waals surface area contributed by atoms with Crippen LogP contribution in [0, 0.1) is 0 Å². The second-order valence-corrected chi connectivity index (χ2v) is 4.74. The first-order chi connectivity index (χ1) is 8.83. The van der Waals surface area contributed by atoms with Gasteiger partial charge in [0.05, 0.1) is 0 Å². The summed E-state index contributed by atoms with van der Waals surface area (Å²) < 4.78 is 11.0. The average molecular weight is 264 g/mol. The van der Waals surface area contributed by atoms with E-state index in [9.17, 15) is 0 Å². The lowest BCUT2D eigenvalue weighted by Gasteiger charge is -2.20. The number of aromatic nitrogens is 3. The molecule has 0 fully saturated rings. The number of aromatic amines is 1. The van der Waals surface area contributed by atoms with E-state index >= 15 is 0 Å². The van der Waals surface area contributed by atoms with E-state index in [1.165, 1.54) is 18.1 Å². The highest BCUT2D eigenvalue weighted by Gasteiger charge is 2.14. The number of ether oxygens (including phenoxy) is 2. The molecule has 0 saturated heterocycles. The first kappa shape index (κ1) is 11.2. The highest BCUT2D eigenvalue weighted by molar-refractivity contribution is 7.98. The fraction of sp³-hybridized carbons (Fsp3) is 0.273. The normalized spacial score (nSPS) is 13.6. The van der Waals surface area contributed by atoms with Crippen molar-refractivity contribution in [2.75, 3.05) is 18.9 Å². The van der Waals surface area contributed by atoms with Crippen LogP contribution in [0.4, 0.5) is 5.69 Å². The van der Waals surface area contributed by atoms with Gasteiger partial charge in [-0.05, 0) is 11.6 Å². The first-order valence-corrected chi connectivity index (χ1v) is 6.47. The van der Waals surface area contributed by atoms with Crippen molar-refractivity contribution >= 4 is 17.4 Å². The van der Waals surface area contributed by atoms with Crippen LogP contribution in [-0.4, -0.2) is 28.4 Å². The molecular formula is C11H12N4O2S. The summed E-state index contributed by atoms with van der Waals surface area (Å²) in [5.74, 6) is 2.17. The molecule has 0 amide bonds. The number of hydrogen-bond acceptors (Lipinski definition) is 6. The SMILES string of the molecule is Nc1cc2c(cc1CSc1ncn[nH]1)OCCO2. The third-order valence-corrected chi connectivity index (χ3v) is 3.49. The van der Waals surface area contributed by atoms with E-state index in [-0.39, 0.29) is 0 Å². The lowest BCUT2D eigenvalue weighted by molar-refractivity contribution is 0.171. The second-order valence-electron chi connectivity index (χ2n) is 3.77. The summed E-state index contributed by atoms with van der Waals surface area (Å²) in [4.78, 5) is 4.05. The van der Waals surface area contributed by atoms with E-state index in [1.54, 1.807) is 0 Å². The minimum absolute atomic E-state index is 0.568. The summed E-state index contributed by atoms with van der Waals surface area (Å²) >= 11 is 1.54. The Bertz CT molecular complexity index is 544. The molecule has 7 heteroatoms. The van der Waals surface area contributed by atoms with E-state index in [4.69, 9.17) is 15.2 Å². The van der Waals surface area contributed by atoms with Crippen molar-refractivity contribution in [1.82, 2.24) is 15.2 Å². The van der Waals surface area contributed by atoms with Gasteiger partial charge in [0.25, 0.3) is 0 Å². The number of hydrogen-bond donors (Lipinski definition) is 2. The molecule has 0 bridgehead atoms. The van der Waals surface area contributed by atoms with E-state index in [2.05, 4.69) is 15.2 Å². The molecule has 1 aromatic heterocycles. The topological polar surface area (TPSA) is 86.1 Å². The number of nitrogens with one attached hydrogen (secondary N) is 1. The van der Waals surface area contributed by atoms with Gasteiger partial charge in [0.2, 0.25) is 0 Å². The van der Waals surface area contributed by atoms with Crippen LogP contribution in [0.3, 0.4) is 0 Å². The van der Waals surface area contributed by atoms with Crippen molar-refractivity contribution in [3.05, 3.63) is 24.0 Å². The number of H-pyrrole nitrogens is 1. The highest BCUT2D eigenvalue weighted by Crippen LogP contribution is 2.36. The van der Waals surface area contributed by atoms with E-state index in [0.29, 0.717) is 30.4 Å². The molecule has 1 aliphatic rings. The summed E-state index contributed by atoms with van der Waals surface area (Å²) in [6.45, 7) is 1.14. The number of benzene rings is 1. The van der Waals surface area contributed by atoms with Crippen LogP contribution in [-0.2, 0) is 5.75 Å². The molecule has 0 radical (unpaired) electrons. The van der Waals surface area contributed by atoms with Crippen molar-refractivity contribution < 1.29 is 9.47 Å². The Labute approximate surface area is 108 Å². The zero-order valence-electron chi connectivity index (χ0n) is 9.55. The molecule has 0 spiro atoms. The van der Waals surface area contributed by atoms with Crippen molar-refractivity contribution in [3.8, 4) is 11.5 Å². The molecule has 2 heterocycles. The number of nitrogens with zero attached hydrogens (tertiary/aromatic N) is 2. The lowest BCUT2D eigenvalue weighted by Crippen LogP contribution is -2.15. The minimum atomic E-state index is 0.568. The van der Waals surface area contributed by atoms with Gasteiger partial charge in [0.1, 0.15) is 19.5 Å². The molecular weight excluding hydrogens is 252 g/mol. The maximum absolute atomic E-state index is 5.99. The summed E-state index contributed by atoms with van der Waals surface area (Å²) in [6.07, 6.45) is 1.48. The van der Waals surface area contributed by atoms with Crippen molar-refractivity contribution in [3.63, 3.8) is 0 Å². The van der Waals surface area contributed by atoms with Gasteiger partial charge in [-0.2, -0.15) is 5.10 Å². The maximum atomic E-state index is 5.99. The third kappa shape index (κ3) is 2.21. The average Bonchev–Trinajstić information content (AvgIpc) is 2.89. The Morgan fingerprint density at radius 3 is 2.78 bits per heavy atom. The molecule has 18 heavy (non-hydrogen) atoms. The molecule has 2 aromatic rings. The molecule has 3 rings (SSSR count). The Morgan fingerprint density at radius 2 is 2.06 bits per heavy atom. The van der Waals surface area contributed by atoms with Gasteiger partial charge in [-0.3, -0.25) is 5.10 Å². The Hall–Kier alpha value is -1.89. The predicted octanol–water partition coefficient (Wildman–Crippen LogP) is 1.45. The Kier molecular flexibility index (Phi) is 2.97. The van der Waals surface area contributed by atoms with Gasteiger partial charge in [-0.25, -0.2) is 4.98 Å². The summed E-state index contributed by atoms with van der Waals surface area (Å²) in [6, 6.07) is 3.73. The third-order valence-electron chi connectivity index (χ3n) is 2.56. The van der Waals surface area contributed by atoms with Crippen LogP contribution in [0.2, 0.25) is 0 Å². The smallest absolute Gasteiger partial charge is 0.183 e. The van der Waals surface area contributed by atoms with Crippen LogP contribution >= 0.6 is 11.8 Å². The van der Waals surface area contributed by atoms with Crippen LogP contribution in [0.15, 0.2) is 23.6 Å². The molecule has 0 aliphatic carbocycles. The van der Waals surface area contributed by atoms with E-state index in [1.807, 2.05) is 12.1 Å². The standard InChI is InChI=1S/C11H12N4O2S/c12-8-4-10-9(16-1-2-17-10)3-7(8)5-18-11-13-6-14-15-11/h3-4,6H,1-2,5,12H2,(H,13,14,15). The van der Waals surface area contributed by atoms with Crippen molar-refractivity contribution in [1.29, 1.82) is 0 Å². The lowest BCUT2D eigenvalue weighted by atomic mass is 10.2. The van der Waals surface area contributed by atoms with Gasteiger partial charge in [-0.1, -0.05) is 11.8 Å². The number of rotatable bonds is 3. The Balaban J connectivity index is 1.79. The summed E-state index contributed by atoms with van der Waals surface area (Å²) in [7, 11) is 0. The van der Waals surface area contributed by atoms with Gasteiger partial charge in [0, 0.05) is 17.5 Å². The van der Waals surface area contributed by atoms with Gasteiger partial charge in [0.15, 0.2) is 16.7 Å². The fourth-order valence-electron chi connectivity index (χ4n) is 1.68. The first-order valence-electron chi connectivity index (χ1n) is 5.49. The molecule has 1 aromatic carbocycles. The van der Waals surface area contributed by atoms with Gasteiger partial charge < -0.3 is 15.2 Å². The molecule has 6 nitrogen and oxygen atoms in total. The Morgan fingerprint density at radius 1 is 1.28 bits per heavy atom. The van der Waals surface area contributed by atoms with Gasteiger partial charge >= 0.3 is 0 Å². The molecule has 0 saturated carbocycles. The predicted molar refractivity (Wildman–Crippen MR) is 67.8 cm³/mol. The van der Waals surface area contributed by atoms with Crippen LogP contribution < -0.4 is 15.2 Å². The highest BCUT2D eigenvalue weighted by atomic mass is 32.2. The summed E-state index contributed by atoms with van der Waals surface area (Å²) in [5, 5.41) is 7.36. The quantitative estimate of drug-likeness (QED) is 0.644. The maximum Gasteiger partial charge on any atom is 0.183 e. The number of nitrogens with two attached hydrogens (primary N) is 1. The molecule has 1 aliphatic heterocycles. The van der Waals surface area contributed by atoms with E-state index in [0.717, 1.165) is 16.5 Å². The molecule has 0 atom stereocenters. The minimum Gasteiger partial charge on any atom is -0.486 e. The molecule has 0 unspecified atom stereocenters. The van der Waals surface area contributed by atoms with Crippen molar-refractivity contribution in [2.45, 2.75) is 10.9 Å². The van der Waals surface area contributed by atoms with Gasteiger partial charge in [-0.15, -0.1) is 0 Å². The zero-order chi connectivity index (χ0) is 12.4. The van der Waals surface area contributed by atoms with Crippen LogP contribution in [0.25, 0.3) is 0 Å². The number of fused-ring (bicyclic) bond motifs is 1. The van der Waals surface area contributed by atoms with Crippen molar-refractivity contribution in [2.24, 2.45) is 0 Å². The van der Waals surface area contributed by atoms with E-state index < -0.39 is 0 Å². The molecule has 3 N–H and O–H groups in total.